The van der Waals surface area contributed by atoms with Crippen LogP contribution in [0.15, 0.2) is 23.4 Å². The fourth-order valence-corrected chi connectivity index (χ4v) is 1.78. The second-order valence-electron chi connectivity index (χ2n) is 3.95. The summed E-state index contributed by atoms with van der Waals surface area (Å²) in [4.78, 5) is 13.9. The highest BCUT2D eigenvalue weighted by molar-refractivity contribution is 5.99. The van der Waals surface area contributed by atoms with Crippen molar-refractivity contribution in [3.8, 4) is 11.5 Å². The number of hydrogen-bond acceptors (Lipinski definition) is 5. The Labute approximate surface area is 117 Å². The van der Waals surface area contributed by atoms with Crippen LogP contribution < -0.4 is 15.2 Å². The molecule has 20 heavy (non-hydrogen) atoms. The van der Waals surface area contributed by atoms with Crippen LogP contribution in [0, 0.1) is 0 Å². The second kappa shape index (κ2) is 7.22. The number of ether oxygens (including phenoxy) is 2. The van der Waals surface area contributed by atoms with Crippen LogP contribution in [0.5, 0.6) is 11.5 Å². The summed E-state index contributed by atoms with van der Waals surface area (Å²) in [7, 11) is 2.97. The van der Waals surface area contributed by atoms with Gasteiger partial charge in [0.15, 0.2) is 17.3 Å². The molecule has 0 aliphatic heterocycles. The van der Waals surface area contributed by atoms with Gasteiger partial charge in [-0.15, -0.1) is 0 Å². The van der Waals surface area contributed by atoms with E-state index in [2.05, 4.69) is 5.16 Å². The molecule has 7 heteroatoms. The van der Waals surface area contributed by atoms with Crippen LogP contribution in [-0.4, -0.2) is 49.2 Å². The van der Waals surface area contributed by atoms with E-state index in [0.717, 1.165) is 0 Å². The van der Waals surface area contributed by atoms with Crippen LogP contribution >= 0.6 is 0 Å². The molecule has 0 atom stereocenters. The first-order valence-electron chi connectivity index (χ1n) is 6.05. The Hall–Kier alpha value is -2.44. The molecule has 110 valence electrons. The summed E-state index contributed by atoms with van der Waals surface area (Å²) in [5.41, 5.74) is 5.80. The standard InChI is InChI=1S/C13H19N3O4/c1-4-16(8-11(14)15-18)13(17)9-6-5-7-10(19-2)12(9)20-3/h5-7,18H,4,8H2,1-3H3,(H2,14,15). The Morgan fingerprint density at radius 1 is 1.40 bits per heavy atom. The number of amides is 1. The highest BCUT2D eigenvalue weighted by atomic mass is 16.5. The number of nitrogens with two attached hydrogens (primary N) is 1. The van der Waals surface area contributed by atoms with E-state index in [1.165, 1.54) is 19.1 Å². The largest absolute Gasteiger partial charge is 0.493 e. The van der Waals surface area contributed by atoms with Gasteiger partial charge >= 0.3 is 0 Å². The molecule has 1 rings (SSSR count). The average molecular weight is 281 g/mol. The lowest BCUT2D eigenvalue weighted by Crippen LogP contribution is -2.38. The number of hydrogen-bond donors (Lipinski definition) is 2. The minimum Gasteiger partial charge on any atom is -0.493 e. The number of likely N-dealkylation sites (N-methyl/N-ethyl adjacent to an activating group) is 1. The molecule has 0 saturated carbocycles. The molecule has 0 fully saturated rings. The zero-order valence-corrected chi connectivity index (χ0v) is 11.8. The van der Waals surface area contributed by atoms with Crippen molar-refractivity contribution in [2.24, 2.45) is 10.9 Å². The monoisotopic (exact) mass is 281 g/mol. The Morgan fingerprint density at radius 2 is 2.10 bits per heavy atom. The normalized spacial score (nSPS) is 11.1. The molecule has 1 amide bonds. The minimum absolute atomic E-state index is 0.0339. The summed E-state index contributed by atoms with van der Waals surface area (Å²) in [6, 6.07) is 5.04. The lowest BCUT2D eigenvalue weighted by molar-refractivity contribution is 0.0782. The molecule has 0 saturated heterocycles. The van der Waals surface area contributed by atoms with Crippen LogP contribution in [0.2, 0.25) is 0 Å². The van der Waals surface area contributed by atoms with Gasteiger partial charge in [0.1, 0.15) is 0 Å². The summed E-state index contributed by atoms with van der Waals surface area (Å²) in [6.45, 7) is 2.25. The molecule has 7 nitrogen and oxygen atoms in total. The van der Waals surface area contributed by atoms with Crippen molar-refractivity contribution < 1.29 is 19.5 Å². The lowest BCUT2D eigenvalue weighted by Gasteiger charge is -2.21. The topological polar surface area (TPSA) is 97.4 Å². The number of rotatable bonds is 6. The first-order valence-corrected chi connectivity index (χ1v) is 6.05. The van der Waals surface area contributed by atoms with Gasteiger partial charge in [-0.3, -0.25) is 4.79 Å². The van der Waals surface area contributed by atoms with E-state index in [0.29, 0.717) is 23.6 Å². The lowest BCUT2D eigenvalue weighted by atomic mass is 10.1. The number of amidine groups is 1. The predicted molar refractivity (Wildman–Crippen MR) is 74.5 cm³/mol. The number of carbonyl (C=O) groups excluding carboxylic acids is 1. The summed E-state index contributed by atoms with van der Waals surface area (Å²) in [5, 5.41) is 11.5. The van der Waals surface area contributed by atoms with Gasteiger partial charge in [-0.2, -0.15) is 0 Å². The predicted octanol–water partition coefficient (Wildman–Crippen LogP) is 0.912. The maximum absolute atomic E-state index is 12.5. The van der Waals surface area contributed by atoms with Gasteiger partial charge in [-0.05, 0) is 19.1 Å². The summed E-state index contributed by atoms with van der Waals surface area (Å²) in [5.74, 6) is 0.507. The van der Waals surface area contributed by atoms with E-state index in [4.69, 9.17) is 20.4 Å². The Bertz CT molecular complexity index is 502. The Morgan fingerprint density at radius 3 is 2.60 bits per heavy atom. The van der Waals surface area contributed by atoms with Crippen molar-refractivity contribution >= 4 is 11.7 Å². The Balaban J connectivity index is 3.12. The molecule has 0 radical (unpaired) electrons. The van der Waals surface area contributed by atoms with Crippen molar-refractivity contribution in [1.82, 2.24) is 4.90 Å². The van der Waals surface area contributed by atoms with Crippen LogP contribution in [-0.2, 0) is 0 Å². The molecular weight excluding hydrogens is 262 g/mol. The van der Waals surface area contributed by atoms with Gasteiger partial charge in [0, 0.05) is 6.54 Å². The maximum atomic E-state index is 12.5. The van der Waals surface area contributed by atoms with Gasteiger partial charge in [0.25, 0.3) is 5.91 Å². The molecule has 0 heterocycles. The first kappa shape index (κ1) is 15.6. The van der Waals surface area contributed by atoms with E-state index in [-0.39, 0.29) is 18.3 Å². The summed E-state index contributed by atoms with van der Waals surface area (Å²) >= 11 is 0. The van der Waals surface area contributed by atoms with Gasteiger partial charge in [-0.1, -0.05) is 11.2 Å². The number of nitrogens with zero attached hydrogens (tertiary/aromatic N) is 2. The van der Waals surface area contributed by atoms with E-state index < -0.39 is 0 Å². The van der Waals surface area contributed by atoms with Gasteiger partial charge in [0.2, 0.25) is 0 Å². The van der Waals surface area contributed by atoms with Gasteiger partial charge in [0.05, 0.1) is 26.3 Å². The van der Waals surface area contributed by atoms with Gasteiger partial charge < -0.3 is 25.3 Å². The van der Waals surface area contributed by atoms with Crippen LogP contribution in [0.4, 0.5) is 0 Å². The number of benzene rings is 1. The molecule has 0 unspecified atom stereocenters. The zero-order valence-electron chi connectivity index (χ0n) is 11.8. The second-order valence-corrected chi connectivity index (χ2v) is 3.95. The molecule has 0 spiro atoms. The maximum Gasteiger partial charge on any atom is 0.258 e. The fraction of sp³-hybridized carbons (Fsp3) is 0.385. The molecule has 0 aliphatic rings. The molecule has 0 aliphatic carbocycles. The molecular formula is C13H19N3O4. The summed E-state index contributed by atoms with van der Waals surface area (Å²) in [6.07, 6.45) is 0. The third-order valence-corrected chi connectivity index (χ3v) is 2.78. The molecule has 3 N–H and O–H groups in total. The van der Waals surface area contributed by atoms with Gasteiger partial charge in [-0.25, -0.2) is 0 Å². The van der Waals surface area contributed by atoms with Crippen molar-refractivity contribution in [3.05, 3.63) is 23.8 Å². The van der Waals surface area contributed by atoms with Crippen molar-refractivity contribution in [2.45, 2.75) is 6.92 Å². The smallest absolute Gasteiger partial charge is 0.258 e. The van der Waals surface area contributed by atoms with Crippen LogP contribution in [0.3, 0.4) is 0 Å². The quantitative estimate of drug-likeness (QED) is 0.349. The van der Waals surface area contributed by atoms with E-state index in [1.54, 1.807) is 25.1 Å². The van der Waals surface area contributed by atoms with Crippen molar-refractivity contribution in [3.63, 3.8) is 0 Å². The number of para-hydroxylation sites is 1. The zero-order chi connectivity index (χ0) is 15.1. The Kier molecular flexibility index (Phi) is 5.64. The number of oxime groups is 1. The first-order chi connectivity index (χ1) is 9.58. The average Bonchev–Trinajstić information content (AvgIpc) is 2.50. The number of carbonyl (C=O) groups is 1. The third-order valence-electron chi connectivity index (χ3n) is 2.78. The van der Waals surface area contributed by atoms with E-state index in [1.807, 2.05) is 0 Å². The highest BCUT2D eigenvalue weighted by Gasteiger charge is 2.21. The minimum atomic E-state index is -0.283. The highest BCUT2D eigenvalue weighted by Crippen LogP contribution is 2.31. The molecule has 0 bridgehead atoms. The molecule has 1 aromatic rings. The third kappa shape index (κ3) is 3.31. The summed E-state index contributed by atoms with van der Waals surface area (Å²) < 4.78 is 10.4. The molecule has 1 aromatic carbocycles. The molecule has 0 aromatic heterocycles. The van der Waals surface area contributed by atoms with E-state index >= 15 is 0 Å². The van der Waals surface area contributed by atoms with E-state index in [9.17, 15) is 4.79 Å². The SMILES string of the molecule is CCN(CC(N)=NO)C(=O)c1cccc(OC)c1OC. The van der Waals surface area contributed by atoms with Crippen LogP contribution in [0.1, 0.15) is 17.3 Å². The fourth-order valence-electron chi connectivity index (χ4n) is 1.78. The van der Waals surface area contributed by atoms with Crippen molar-refractivity contribution in [1.29, 1.82) is 0 Å². The van der Waals surface area contributed by atoms with Crippen molar-refractivity contribution in [2.75, 3.05) is 27.3 Å². The number of methoxy groups -OCH3 is 2. The van der Waals surface area contributed by atoms with Crippen LogP contribution in [0.25, 0.3) is 0 Å².